The van der Waals surface area contributed by atoms with E-state index in [1.54, 1.807) is 12.1 Å². The molecule has 0 radical (unpaired) electrons. The van der Waals surface area contributed by atoms with Crippen LogP contribution < -0.4 is 4.74 Å². The van der Waals surface area contributed by atoms with E-state index < -0.39 is 4.92 Å². The highest BCUT2D eigenvalue weighted by atomic mass is 35.5. The molecule has 0 atom stereocenters. The van der Waals surface area contributed by atoms with Gasteiger partial charge in [-0.15, -0.1) is 11.6 Å². The minimum atomic E-state index is -0.500. The predicted octanol–water partition coefficient (Wildman–Crippen LogP) is 4.78. The average molecular weight is 298 g/mol. The lowest BCUT2D eigenvalue weighted by atomic mass is 10.2. The first-order valence-corrected chi connectivity index (χ1v) is 6.28. The van der Waals surface area contributed by atoms with Crippen LogP contribution in [0.15, 0.2) is 42.5 Å². The van der Waals surface area contributed by atoms with Gasteiger partial charge in [-0.25, -0.2) is 0 Å². The molecule has 0 N–H and O–H groups in total. The van der Waals surface area contributed by atoms with Gasteiger partial charge < -0.3 is 4.74 Å². The third kappa shape index (κ3) is 3.36. The highest BCUT2D eigenvalue weighted by molar-refractivity contribution is 6.32. The third-order valence-corrected chi connectivity index (χ3v) is 3.05. The minimum Gasteiger partial charge on any atom is -0.456 e. The summed E-state index contributed by atoms with van der Waals surface area (Å²) < 4.78 is 5.52. The Morgan fingerprint density at radius 1 is 1.16 bits per heavy atom. The maximum Gasteiger partial charge on any atom is 0.273 e. The fraction of sp³-hybridized carbons (Fsp3) is 0.0769. The Labute approximate surface area is 119 Å². The molecular formula is C13H9Cl2NO3. The molecule has 19 heavy (non-hydrogen) atoms. The molecule has 0 unspecified atom stereocenters. The van der Waals surface area contributed by atoms with Gasteiger partial charge >= 0.3 is 0 Å². The number of rotatable bonds is 4. The highest BCUT2D eigenvalue weighted by Gasteiger charge is 2.11. The summed E-state index contributed by atoms with van der Waals surface area (Å²) in [6.07, 6.45) is 0. The molecular weight excluding hydrogens is 289 g/mol. The van der Waals surface area contributed by atoms with Crippen LogP contribution in [0.25, 0.3) is 0 Å². The van der Waals surface area contributed by atoms with Gasteiger partial charge in [-0.1, -0.05) is 23.7 Å². The van der Waals surface area contributed by atoms with Crippen LogP contribution >= 0.6 is 23.2 Å². The molecule has 0 aromatic heterocycles. The van der Waals surface area contributed by atoms with Crippen molar-refractivity contribution in [3.05, 3.63) is 63.2 Å². The Morgan fingerprint density at radius 3 is 2.42 bits per heavy atom. The molecule has 0 aliphatic heterocycles. The average Bonchev–Trinajstić information content (AvgIpc) is 2.42. The number of hydrogen-bond acceptors (Lipinski definition) is 3. The van der Waals surface area contributed by atoms with E-state index in [2.05, 4.69) is 0 Å². The number of non-ortho nitro benzene ring substituents is 1. The summed E-state index contributed by atoms with van der Waals surface area (Å²) in [5.74, 6) is 1.20. The predicted molar refractivity (Wildman–Crippen MR) is 74.2 cm³/mol. The second kappa shape index (κ2) is 5.91. The van der Waals surface area contributed by atoms with Gasteiger partial charge in [0.2, 0.25) is 0 Å². The van der Waals surface area contributed by atoms with Crippen molar-refractivity contribution in [2.45, 2.75) is 5.88 Å². The lowest BCUT2D eigenvalue weighted by Crippen LogP contribution is -1.90. The van der Waals surface area contributed by atoms with Crippen LogP contribution in [0.1, 0.15) is 5.56 Å². The van der Waals surface area contributed by atoms with E-state index in [0.29, 0.717) is 16.7 Å². The zero-order valence-corrected chi connectivity index (χ0v) is 11.2. The minimum absolute atomic E-state index is 0.0724. The van der Waals surface area contributed by atoms with Crippen molar-refractivity contribution in [2.24, 2.45) is 0 Å². The van der Waals surface area contributed by atoms with Gasteiger partial charge in [0.1, 0.15) is 5.75 Å². The molecule has 6 heteroatoms. The fourth-order valence-corrected chi connectivity index (χ4v) is 1.79. The normalized spacial score (nSPS) is 10.2. The second-order valence-electron chi connectivity index (χ2n) is 3.75. The first kappa shape index (κ1) is 13.6. The molecule has 2 rings (SSSR count). The van der Waals surface area contributed by atoms with Crippen LogP contribution in [0.4, 0.5) is 5.69 Å². The Balaban J connectivity index is 2.26. The van der Waals surface area contributed by atoms with Crippen molar-refractivity contribution < 1.29 is 9.66 Å². The smallest absolute Gasteiger partial charge is 0.273 e. The summed E-state index contributed by atoms with van der Waals surface area (Å²) in [5.41, 5.74) is 0.885. The van der Waals surface area contributed by atoms with Gasteiger partial charge in [0.05, 0.1) is 16.0 Å². The topological polar surface area (TPSA) is 52.4 Å². The second-order valence-corrected chi connectivity index (χ2v) is 4.43. The molecule has 0 fully saturated rings. The van der Waals surface area contributed by atoms with E-state index in [1.807, 2.05) is 12.1 Å². The molecule has 2 aromatic carbocycles. The van der Waals surface area contributed by atoms with E-state index in [1.165, 1.54) is 18.2 Å². The molecule has 0 heterocycles. The standard InChI is InChI=1S/C13H9Cl2NO3/c14-8-9-1-4-11(5-2-9)19-13-7-10(16(17)18)3-6-12(13)15/h1-7H,8H2. The van der Waals surface area contributed by atoms with Gasteiger partial charge in [0.15, 0.2) is 5.75 Å². The summed E-state index contributed by atoms with van der Waals surface area (Å²) in [7, 11) is 0. The molecule has 0 saturated heterocycles. The van der Waals surface area contributed by atoms with Crippen molar-refractivity contribution >= 4 is 28.9 Å². The molecule has 0 saturated carbocycles. The Kier molecular flexibility index (Phi) is 4.24. The number of nitro groups is 1. The zero-order chi connectivity index (χ0) is 13.8. The Morgan fingerprint density at radius 2 is 1.84 bits per heavy atom. The van der Waals surface area contributed by atoms with E-state index >= 15 is 0 Å². The molecule has 98 valence electrons. The maximum absolute atomic E-state index is 10.7. The summed E-state index contributed by atoms with van der Waals surface area (Å²) >= 11 is 11.6. The lowest BCUT2D eigenvalue weighted by molar-refractivity contribution is -0.384. The van der Waals surface area contributed by atoms with E-state index in [9.17, 15) is 10.1 Å². The van der Waals surface area contributed by atoms with E-state index in [0.717, 1.165) is 5.56 Å². The third-order valence-electron chi connectivity index (χ3n) is 2.43. The van der Waals surface area contributed by atoms with E-state index in [4.69, 9.17) is 27.9 Å². The number of halogens is 2. The first-order valence-electron chi connectivity index (χ1n) is 5.37. The van der Waals surface area contributed by atoms with Crippen LogP contribution in [0, 0.1) is 10.1 Å². The molecule has 0 aliphatic carbocycles. The molecule has 0 aliphatic rings. The number of nitro benzene ring substituents is 1. The number of nitrogens with zero attached hydrogens (tertiary/aromatic N) is 1. The molecule has 0 amide bonds. The highest BCUT2D eigenvalue weighted by Crippen LogP contribution is 2.32. The zero-order valence-electron chi connectivity index (χ0n) is 9.68. The van der Waals surface area contributed by atoms with Gasteiger partial charge in [-0.05, 0) is 23.8 Å². The Hall–Kier alpha value is -1.78. The first-order chi connectivity index (χ1) is 9.10. The van der Waals surface area contributed by atoms with Crippen molar-refractivity contribution in [2.75, 3.05) is 0 Å². The molecule has 0 spiro atoms. The number of hydrogen-bond donors (Lipinski definition) is 0. The van der Waals surface area contributed by atoms with Crippen LogP contribution in [0.2, 0.25) is 5.02 Å². The fourth-order valence-electron chi connectivity index (χ4n) is 1.46. The SMILES string of the molecule is O=[N+]([O-])c1ccc(Cl)c(Oc2ccc(CCl)cc2)c1. The monoisotopic (exact) mass is 297 g/mol. The largest absolute Gasteiger partial charge is 0.456 e. The van der Waals surface area contributed by atoms with Crippen molar-refractivity contribution in [3.8, 4) is 11.5 Å². The summed E-state index contributed by atoms with van der Waals surface area (Å²) in [5, 5.41) is 11.0. The van der Waals surface area contributed by atoms with Crippen molar-refractivity contribution in [1.82, 2.24) is 0 Å². The summed E-state index contributed by atoms with van der Waals surface area (Å²) in [6, 6.07) is 11.1. The molecule has 2 aromatic rings. The number of alkyl halides is 1. The summed E-state index contributed by atoms with van der Waals surface area (Å²) in [4.78, 5) is 10.2. The maximum atomic E-state index is 10.7. The van der Waals surface area contributed by atoms with Gasteiger partial charge in [0.25, 0.3) is 5.69 Å². The quantitative estimate of drug-likeness (QED) is 0.463. The van der Waals surface area contributed by atoms with Crippen LogP contribution in [0.5, 0.6) is 11.5 Å². The van der Waals surface area contributed by atoms with Gasteiger partial charge in [-0.2, -0.15) is 0 Å². The van der Waals surface area contributed by atoms with Crippen molar-refractivity contribution in [3.63, 3.8) is 0 Å². The number of ether oxygens (including phenoxy) is 1. The van der Waals surface area contributed by atoms with Crippen LogP contribution in [0.3, 0.4) is 0 Å². The number of benzene rings is 2. The summed E-state index contributed by atoms with van der Waals surface area (Å²) in [6.45, 7) is 0. The molecule has 4 nitrogen and oxygen atoms in total. The molecule has 0 bridgehead atoms. The van der Waals surface area contributed by atoms with E-state index in [-0.39, 0.29) is 11.4 Å². The van der Waals surface area contributed by atoms with Gasteiger partial charge in [-0.3, -0.25) is 10.1 Å². The van der Waals surface area contributed by atoms with Crippen LogP contribution in [-0.4, -0.2) is 4.92 Å². The van der Waals surface area contributed by atoms with Crippen LogP contribution in [-0.2, 0) is 5.88 Å². The Bertz CT molecular complexity index is 599. The van der Waals surface area contributed by atoms with Crippen molar-refractivity contribution in [1.29, 1.82) is 0 Å². The van der Waals surface area contributed by atoms with Gasteiger partial charge in [0, 0.05) is 11.9 Å². The lowest BCUT2D eigenvalue weighted by Gasteiger charge is -2.07.